The maximum Gasteiger partial charge on any atom is 0.196 e. The predicted molar refractivity (Wildman–Crippen MR) is 165 cm³/mol. The van der Waals surface area contributed by atoms with Crippen LogP contribution in [-0.2, 0) is 9.47 Å². The van der Waals surface area contributed by atoms with Gasteiger partial charge in [-0.1, -0.05) is 90.5 Å². The van der Waals surface area contributed by atoms with Crippen molar-refractivity contribution in [2.45, 2.75) is 79.1 Å². The minimum absolute atomic E-state index is 0.124. The van der Waals surface area contributed by atoms with Crippen molar-refractivity contribution in [3.05, 3.63) is 58.7 Å². The van der Waals surface area contributed by atoms with Gasteiger partial charge in [0.25, 0.3) is 0 Å². The lowest BCUT2D eigenvalue weighted by Gasteiger charge is -2.23. The molecule has 0 bridgehead atoms. The fourth-order valence-corrected chi connectivity index (χ4v) is 5.35. The number of ether oxygens (including phenoxy) is 2. The third-order valence-corrected chi connectivity index (χ3v) is 7.99. The predicted octanol–water partition coefficient (Wildman–Crippen LogP) is 7.75. The number of unbranched alkanes of at least 4 members (excludes halogenated alkanes) is 2. The molecule has 0 aromatic heterocycles. The number of carbonyl (C=O) groups is 2. The van der Waals surface area contributed by atoms with Crippen LogP contribution in [0, 0.1) is 11.8 Å². The molecule has 2 N–H and O–H groups in total. The molecule has 6 heteroatoms. The van der Waals surface area contributed by atoms with Crippen molar-refractivity contribution in [3.8, 4) is 0 Å². The molecule has 1 aliphatic rings. The number of rotatable bonds is 20. The van der Waals surface area contributed by atoms with Gasteiger partial charge in [-0.25, -0.2) is 0 Å². The Morgan fingerprint density at radius 1 is 0.650 bits per heavy atom. The lowest BCUT2D eigenvalue weighted by molar-refractivity contribution is 0.0978. The van der Waals surface area contributed by atoms with Gasteiger partial charge < -0.3 is 20.1 Å². The van der Waals surface area contributed by atoms with Crippen molar-refractivity contribution in [2.75, 3.05) is 50.2 Å². The number of nitrogens with one attached hydrogen (secondary N) is 2. The van der Waals surface area contributed by atoms with Crippen LogP contribution in [0.2, 0.25) is 0 Å². The quantitative estimate of drug-likeness (QED) is 0.140. The van der Waals surface area contributed by atoms with Crippen LogP contribution in [0.25, 0.3) is 0 Å². The molecule has 0 amide bonds. The summed E-state index contributed by atoms with van der Waals surface area (Å²) in [6.45, 7) is 12.6. The van der Waals surface area contributed by atoms with Crippen LogP contribution < -0.4 is 10.6 Å². The number of fused-ring (bicyclic) bond motifs is 2. The first kappa shape index (κ1) is 31.8. The van der Waals surface area contributed by atoms with Gasteiger partial charge in [-0.15, -0.1) is 0 Å². The molecule has 2 aromatic carbocycles. The minimum atomic E-state index is -0.124. The van der Waals surface area contributed by atoms with Gasteiger partial charge in [0, 0.05) is 48.8 Å². The van der Waals surface area contributed by atoms with Crippen molar-refractivity contribution in [3.63, 3.8) is 0 Å². The fraction of sp³-hybridized carbons (Fsp3) is 0.588. The van der Waals surface area contributed by atoms with Gasteiger partial charge in [-0.2, -0.15) is 0 Å². The molecule has 0 radical (unpaired) electrons. The first-order valence-electron chi connectivity index (χ1n) is 15.5. The van der Waals surface area contributed by atoms with Crippen LogP contribution in [-0.4, -0.2) is 51.1 Å². The highest BCUT2D eigenvalue weighted by atomic mass is 16.5. The molecule has 0 spiro atoms. The van der Waals surface area contributed by atoms with Gasteiger partial charge in [-0.3, -0.25) is 9.59 Å². The van der Waals surface area contributed by atoms with Gasteiger partial charge in [0.05, 0.1) is 24.3 Å². The molecule has 3 rings (SSSR count). The maximum atomic E-state index is 13.6. The highest BCUT2D eigenvalue weighted by Gasteiger charge is 2.33. The van der Waals surface area contributed by atoms with Crippen molar-refractivity contribution in [1.82, 2.24) is 0 Å². The highest BCUT2D eigenvalue weighted by molar-refractivity contribution is 6.31. The Bertz CT molecular complexity index is 998. The van der Waals surface area contributed by atoms with E-state index in [9.17, 15) is 9.59 Å². The molecule has 2 aromatic rings. The number of ketones is 2. The Kier molecular flexibility index (Phi) is 13.7. The molecule has 1 aliphatic carbocycles. The molecular weight excluding hydrogens is 500 g/mol. The second-order valence-electron chi connectivity index (χ2n) is 11.0. The third-order valence-electron chi connectivity index (χ3n) is 7.99. The Labute approximate surface area is 241 Å². The Morgan fingerprint density at radius 3 is 1.45 bits per heavy atom. The van der Waals surface area contributed by atoms with E-state index in [4.69, 9.17) is 9.47 Å². The summed E-state index contributed by atoms with van der Waals surface area (Å²) in [6.07, 6.45) is 9.52. The summed E-state index contributed by atoms with van der Waals surface area (Å²) in [6, 6.07) is 10.9. The van der Waals surface area contributed by atoms with E-state index >= 15 is 0 Å². The zero-order valence-corrected chi connectivity index (χ0v) is 25.2. The number of benzene rings is 2. The lowest BCUT2D eigenvalue weighted by atomic mass is 9.82. The minimum Gasteiger partial charge on any atom is -0.382 e. The Morgan fingerprint density at radius 2 is 1.07 bits per heavy atom. The molecule has 0 saturated carbocycles. The number of carbonyl (C=O) groups excluding carboxylic acids is 2. The highest BCUT2D eigenvalue weighted by Crippen LogP contribution is 2.35. The average molecular weight is 551 g/mol. The largest absolute Gasteiger partial charge is 0.382 e. The van der Waals surface area contributed by atoms with Crippen LogP contribution in [0.15, 0.2) is 36.4 Å². The van der Waals surface area contributed by atoms with E-state index in [0.717, 1.165) is 26.1 Å². The van der Waals surface area contributed by atoms with E-state index in [1.807, 2.05) is 24.3 Å². The van der Waals surface area contributed by atoms with Crippen LogP contribution in [0.4, 0.5) is 11.4 Å². The van der Waals surface area contributed by atoms with E-state index < -0.39 is 0 Å². The third kappa shape index (κ3) is 8.65. The van der Waals surface area contributed by atoms with Crippen LogP contribution in [0.5, 0.6) is 0 Å². The summed E-state index contributed by atoms with van der Waals surface area (Å²) in [5.74, 6) is 0.934. The fourth-order valence-electron chi connectivity index (χ4n) is 5.35. The van der Waals surface area contributed by atoms with Crippen molar-refractivity contribution >= 4 is 22.9 Å². The second-order valence-corrected chi connectivity index (χ2v) is 11.0. The van der Waals surface area contributed by atoms with Crippen molar-refractivity contribution in [2.24, 2.45) is 11.8 Å². The van der Waals surface area contributed by atoms with Gasteiger partial charge in [0.15, 0.2) is 11.6 Å². The van der Waals surface area contributed by atoms with E-state index in [-0.39, 0.29) is 11.6 Å². The summed E-state index contributed by atoms with van der Waals surface area (Å²) in [4.78, 5) is 27.3. The van der Waals surface area contributed by atoms with Gasteiger partial charge >= 0.3 is 0 Å². The Hall–Kier alpha value is -2.70. The smallest absolute Gasteiger partial charge is 0.196 e. The van der Waals surface area contributed by atoms with Gasteiger partial charge in [0.1, 0.15) is 0 Å². The van der Waals surface area contributed by atoms with Crippen LogP contribution >= 0.6 is 0 Å². The molecule has 220 valence electrons. The SMILES string of the molecule is CCCCC(CC)COCCNc1cccc2c1C(=O)c1cccc(NCCOCC(CC)CCCC)c1C2=O. The molecule has 0 saturated heterocycles. The topological polar surface area (TPSA) is 76.7 Å². The van der Waals surface area contributed by atoms with Crippen LogP contribution in [0.3, 0.4) is 0 Å². The summed E-state index contributed by atoms with van der Waals surface area (Å²) in [5, 5.41) is 6.70. The zero-order valence-electron chi connectivity index (χ0n) is 25.2. The first-order valence-corrected chi connectivity index (χ1v) is 15.5. The molecule has 0 fully saturated rings. The van der Waals surface area contributed by atoms with E-state index in [1.54, 1.807) is 12.1 Å². The van der Waals surface area contributed by atoms with Crippen molar-refractivity contribution in [1.29, 1.82) is 0 Å². The number of hydrogen-bond donors (Lipinski definition) is 2. The molecule has 2 atom stereocenters. The molecular formula is C34H50N2O4. The lowest BCUT2D eigenvalue weighted by Crippen LogP contribution is -2.25. The molecule has 6 nitrogen and oxygen atoms in total. The summed E-state index contributed by atoms with van der Waals surface area (Å²) < 4.78 is 11.9. The normalized spacial score (nSPS) is 14.0. The molecule has 0 aliphatic heterocycles. The summed E-state index contributed by atoms with van der Waals surface area (Å²) in [7, 11) is 0. The van der Waals surface area contributed by atoms with E-state index in [2.05, 4.69) is 38.3 Å². The second kappa shape index (κ2) is 17.2. The monoisotopic (exact) mass is 550 g/mol. The Balaban J connectivity index is 1.59. The van der Waals surface area contributed by atoms with Gasteiger partial charge in [-0.05, 0) is 36.8 Å². The standard InChI is InChI=1S/C34H50N2O4/c1-5-9-13-25(7-3)23-39-21-19-35-29-17-11-15-27-31(29)33(37)28-16-12-18-30(32(28)34(27)38)36-20-22-40-24-26(8-4)14-10-6-2/h11-12,15-18,25-26,35-36H,5-10,13-14,19-24H2,1-4H3. The molecule has 2 unspecified atom stereocenters. The summed E-state index contributed by atoms with van der Waals surface area (Å²) in [5.41, 5.74) is 3.16. The average Bonchev–Trinajstić information content (AvgIpc) is 2.98. The number of hydrogen-bond acceptors (Lipinski definition) is 6. The van der Waals surface area contributed by atoms with Crippen LogP contribution in [0.1, 0.15) is 111 Å². The van der Waals surface area contributed by atoms with Crippen molar-refractivity contribution < 1.29 is 19.1 Å². The maximum absolute atomic E-state index is 13.6. The number of anilines is 2. The molecule has 0 heterocycles. The summed E-state index contributed by atoms with van der Waals surface area (Å²) >= 11 is 0. The van der Waals surface area contributed by atoms with E-state index in [1.165, 1.54) is 38.5 Å². The van der Waals surface area contributed by atoms with E-state index in [0.29, 0.717) is 71.8 Å². The zero-order chi connectivity index (χ0) is 28.7. The molecule has 40 heavy (non-hydrogen) atoms. The first-order chi connectivity index (χ1) is 19.5. The van der Waals surface area contributed by atoms with Gasteiger partial charge in [0.2, 0.25) is 0 Å².